The summed E-state index contributed by atoms with van der Waals surface area (Å²) in [6.45, 7) is 9.03. The van der Waals surface area contributed by atoms with Crippen molar-refractivity contribution in [3.05, 3.63) is 29.3 Å². The highest BCUT2D eigenvalue weighted by atomic mass is 32.2. The summed E-state index contributed by atoms with van der Waals surface area (Å²) in [6.07, 6.45) is 7.75. The van der Waals surface area contributed by atoms with Gasteiger partial charge in [0.25, 0.3) is 0 Å². The van der Waals surface area contributed by atoms with Gasteiger partial charge in [0.15, 0.2) is 5.78 Å². The van der Waals surface area contributed by atoms with Gasteiger partial charge in [-0.15, -0.1) is 11.8 Å². The maximum atomic E-state index is 12.8. The molecule has 9 atom stereocenters. The molecule has 2 N–H and O–H groups in total. The predicted octanol–water partition coefficient (Wildman–Crippen LogP) is 6.06. The molecule has 6 aliphatic rings. The number of rotatable bonds is 1. The molecule has 0 radical (unpaired) electrons. The topological polar surface area (TPSA) is 76.0 Å². The minimum absolute atomic E-state index is 0.0220. The van der Waals surface area contributed by atoms with Gasteiger partial charge in [0.2, 0.25) is 0 Å². The van der Waals surface area contributed by atoms with Gasteiger partial charge in [-0.1, -0.05) is 32.9 Å². The number of aliphatic hydroxyl groups excluding tert-OH is 1. The minimum atomic E-state index is -0.860. The fourth-order valence-corrected chi connectivity index (χ4v) is 12.3. The lowest BCUT2D eigenvalue weighted by molar-refractivity contribution is -0.419. The number of Topliss-reactive ketones (excluding diaryl/α,β-unsaturated/α-hetero) is 1. The Balaban J connectivity index is 1.37. The van der Waals surface area contributed by atoms with Crippen LogP contribution in [-0.4, -0.2) is 44.7 Å². The molecular formula is C31H42O5S. The summed E-state index contributed by atoms with van der Waals surface area (Å²) in [6, 6.07) is 6.27. The molecule has 7 rings (SSSR count). The Kier molecular flexibility index (Phi) is 5.31. The third-order valence-electron chi connectivity index (χ3n) is 11.8. The largest absolute Gasteiger partial charge is 0.393 e. The van der Waals surface area contributed by atoms with Gasteiger partial charge in [0, 0.05) is 16.9 Å². The highest BCUT2D eigenvalue weighted by Gasteiger charge is 2.72. The highest BCUT2D eigenvalue weighted by molar-refractivity contribution is 8.01. The summed E-state index contributed by atoms with van der Waals surface area (Å²) in [4.78, 5) is 25.3. The second-order valence-corrected chi connectivity index (χ2v) is 16.0. The van der Waals surface area contributed by atoms with E-state index < -0.39 is 11.2 Å². The van der Waals surface area contributed by atoms with E-state index in [0.717, 1.165) is 56.9 Å². The van der Waals surface area contributed by atoms with Crippen molar-refractivity contribution in [3.8, 4) is 0 Å². The number of fused-ring (bicyclic) bond motifs is 4. The summed E-state index contributed by atoms with van der Waals surface area (Å²) in [7, 11) is 0. The Labute approximate surface area is 225 Å². The van der Waals surface area contributed by atoms with Gasteiger partial charge in [0.05, 0.1) is 23.1 Å². The number of thioether (sulfide) groups is 1. The molecule has 1 unspecified atom stereocenters. The molecule has 6 heteroatoms. The summed E-state index contributed by atoms with van der Waals surface area (Å²) in [5.74, 6) is 1.75. The smallest absolute Gasteiger partial charge is 0.159 e. The monoisotopic (exact) mass is 526 g/mol. The second kappa shape index (κ2) is 7.84. The molecule has 0 amide bonds. The molecule has 4 saturated carbocycles. The number of benzene rings is 1. The first-order valence-electron chi connectivity index (χ1n) is 14.5. The van der Waals surface area contributed by atoms with Crippen LogP contribution in [0.1, 0.15) is 107 Å². The summed E-state index contributed by atoms with van der Waals surface area (Å²) in [5, 5.41) is 24.0. The van der Waals surface area contributed by atoms with Crippen LogP contribution in [0.15, 0.2) is 23.1 Å². The highest BCUT2D eigenvalue weighted by Crippen LogP contribution is 2.75. The molecule has 0 aromatic heterocycles. The Hall–Kier alpha value is -0.920. The van der Waals surface area contributed by atoms with E-state index in [2.05, 4.69) is 32.9 Å². The molecule has 0 bridgehead atoms. The van der Waals surface area contributed by atoms with E-state index in [4.69, 9.17) is 9.78 Å². The van der Waals surface area contributed by atoms with Crippen LogP contribution in [0.25, 0.3) is 0 Å². The first-order chi connectivity index (χ1) is 17.4. The van der Waals surface area contributed by atoms with E-state index in [1.54, 1.807) is 6.92 Å². The van der Waals surface area contributed by atoms with E-state index in [9.17, 15) is 15.0 Å². The van der Waals surface area contributed by atoms with Gasteiger partial charge in [-0.3, -0.25) is 4.79 Å². The van der Waals surface area contributed by atoms with Gasteiger partial charge < -0.3 is 10.2 Å². The zero-order valence-corrected chi connectivity index (χ0v) is 23.5. The Bertz CT molecular complexity index is 1150. The summed E-state index contributed by atoms with van der Waals surface area (Å²) in [5.41, 5.74) is 0.711. The van der Waals surface area contributed by atoms with Gasteiger partial charge >= 0.3 is 0 Å². The van der Waals surface area contributed by atoms with Crippen molar-refractivity contribution in [3.63, 3.8) is 0 Å². The molecule has 4 aliphatic carbocycles. The molecule has 5 nitrogen and oxygen atoms in total. The maximum absolute atomic E-state index is 12.8. The first-order valence-corrected chi connectivity index (χ1v) is 15.3. The van der Waals surface area contributed by atoms with E-state index >= 15 is 0 Å². The van der Waals surface area contributed by atoms with Crippen LogP contribution in [0.5, 0.6) is 0 Å². The van der Waals surface area contributed by atoms with E-state index in [-0.39, 0.29) is 33.4 Å². The lowest BCUT2D eigenvalue weighted by Crippen LogP contribution is -2.71. The normalized spacial score (nSPS) is 49.5. The molecule has 1 saturated heterocycles. The van der Waals surface area contributed by atoms with Crippen molar-refractivity contribution in [2.75, 3.05) is 6.61 Å². The van der Waals surface area contributed by atoms with Gasteiger partial charge in [0.1, 0.15) is 5.60 Å². The molecule has 2 spiro atoms. The van der Waals surface area contributed by atoms with E-state index in [1.807, 2.05) is 17.8 Å². The molecular weight excluding hydrogens is 484 g/mol. The Morgan fingerprint density at radius 2 is 1.89 bits per heavy atom. The standard InChI is InChI=1S/C31H42O5S/c1-18(32)19-5-6-20-22-14-28(4)23(7-8-25(28)33)21-9-10-30(34)16-29(15-27(2,3)17-35-36-29)11-12-31(30,26(21)22)37-24(20)13-19/h5-6,13,21-23,25-26,33-34H,7-12,14-17H2,1-4H3/t21-,22+,23-,25-,26+,28-,29?,30+,31-/m0/s1. The number of hydrogen-bond acceptors (Lipinski definition) is 6. The summed E-state index contributed by atoms with van der Waals surface area (Å²) >= 11 is 1.88. The van der Waals surface area contributed by atoms with Crippen molar-refractivity contribution < 1.29 is 24.8 Å². The predicted molar refractivity (Wildman–Crippen MR) is 142 cm³/mol. The average Bonchev–Trinajstić information content (AvgIpc) is 3.12. The summed E-state index contributed by atoms with van der Waals surface area (Å²) < 4.78 is -0.311. The van der Waals surface area contributed by atoms with Crippen molar-refractivity contribution in [1.29, 1.82) is 0 Å². The fourth-order valence-electron chi connectivity index (χ4n) is 10.4. The molecule has 1 aromatic rings. The second-order valence-electron chi connectivity index (χ2n) is 14.6. The first kappa shape index (κ1) is 25.1. The molecule has 2 aliphatic heterocycles. The van der Waals surface area contributed by atoms with Crippen molar-refractivity contribution in [2.45, 2.75) is 118 Å². The van der Waals surface area contributed by atoms with Crippen LogP contribution in [0, 0.1) is 28.6 Å². The van der Waals surface area contributed by atoms with E-state index in [1.165, 1.54) is 10.5 Å². The number of ketones is 1. The SMILES string of the molecule is CC(=O)c1ccc2c(c1)S[C@]13CCC4(CC(C)(C)COO4)C[C@]1(O)CC[C@@H]1[C@@H]3[C@@H]2C[C@]2(C)[C@@H](O)CC[C@@H]12. The number of hydrogen-bond donors (Lipinski definition) is 2. The molecule has 1 aromatic carbocycles. The van der Waals surface area contributed by atoms with Crippen LogP contribution in [-0.2, 0) is 9.78 Å². The minimum Gasteiger partial charge on any atom is -0.393 e. The average molecular weight is 527 g/mol. The van der Waals surface area contributed by atoms with Gasteiger partial charge in [-0.25, -0.2) is 9.78 Å². The van der Waals surface area contributed by atoms with Gasteiger partial charge in [-0.05, 0) is 104 Å². The van der Waals surface area contributed by atoms with Crippen LogP contribution in [0.4, 0.5) is 0 Å². The molecule has 37 heavy (non-hydrogen) atoms. The van der Waals surface area contributed by atoms with Crippen LogP contribution in [0.2, 0.25) is 0 Å². The van der Waals surface area contributed by atoms with Crippen molar-refractivity contribution in [2.24, 2.45) is 28.6 Å². The van der Waals surface area contributed by atoms with Crippen molar-refractivity contribution in [1.82, 2.24) is 0 Å². The van der Waals surface area contributed by atoms with E-state index in [0.29, 0.717) is 30.8 Å². The maximum Gasteiger partial charge on any atom is 0.159 e. The van der Waals surface area contributed by atoms with Crippen molar-refractivity contribution >= 4 is 17.5 Å². The van der Waals surface area contributed by atoms with Gasteiger partial charge in [-0.2, -0.15) is 0 Å². The quantitative estimate of drug-likeness (QED) is 0.342. The Morgan fingerprint density at radius 3 is 2.65 bits per heavy atom. The zero-order chi connectivity index (χ0) is 26.0. The number of aliphatic hydroxyl groups is 2. The fraction of sp³-hybridized carbons (Fsp3) is 0.774. The molecule has 5 fully saturated rings. The third kappa shape index (κ3) is 3.35. The number of carbonyl (C=O) groups excluding carboxylic acids is 1. The number of carbonyl (C=O) groups is 1. The lowest BCUT2D eigenvalue weighted by Gasteiger charge is -2.69. The van der Waals surface area contributed by atoms with Crippen LogP contribution >= 0.6 is 11.8 Å². The Morgan fingerprint density at radius 1 is 1.08 bits per heavy atom. The van der Waals surface area contributed by atoms with Crippen LogP contribution < -0.4 is 0 Å². The van der Waals surface area contributed by atoms with Crippen LogP contribution in [0.3, 0.4) is 0 Å². The lowest BCUT2D eigenvalue weighted by atomic mass is 9.44. The zero-order valence-electron chi connectivity index (χ0n) is 22.7. The third-order valence-corrected chi connectivity index (χ3v) is 13.6. The molecule has 202 valence electrons. The molecule has 2 heterocycles.